The second-order valence-corrected chi connectivity index (χ2v) is 5.93. The number of aromatic nitrogens is 2. The average Bonchev–Trinajstić information content (AvgIpc) is 2.63. The lowest BCUT2D eigenvalue weighted by Gasteiger charge is -2.16. The minimum absolute atomic E-state index is 0.160. The quantitative estimate of drug-likeness (QED) is 0.662. The molecule has 0 aliphatic rings. The summed E-state index contributed by atoms with van der Waals surface area (Å²) in [5, 5.41) is 8.83. The van der Waals surface area contributed by atoms with Crippen LogP contribution in [0.25, 0.3) is 0 Å². The Labute approximate surface area is 168 Å². The van der Waals surface area contributed by atoms with Crippen LogP contribution in [0.15, 0.2) is 29.3 Å². The number of alkyl halides is 9. The van der Waals surface area contributed by atoms with Crippen LogP contribution in [-0.2, 0) is 25.1 Å². The number of hydrogen-bond donors (Lipinski definition) is 1. The SMILES string of the molecule is CCn1c(OCCO)cc(C(F)(F)F)nc1=Nc1ccc(C(F)(F)F)cc1C(F)(F)F. The average molecular weight is 463 g/mol. The molecule has 0 saturated heterocycles. The van der Waals surface area contributed by atoms with E-state index in [2.05, 4.69) is 9.98 Å². The predicted octanol–water partition coefficient (Wildman–Crippen LogP) is 4.56. The number of benzene rings is 1. The molecule has 0 aliphatic carbocycles. The van der Waals surface area contributed by atoms with Gasteiger partial charge in [0, 0.05) is 12.6 Å². The summed E-state index contributed by atoms with van der Waals surface area (Å²) in [7, 11) is 0. The lowest BCUT2D eigenvalue weighted by Crippen LogP contribution is -2.29. The minimum Gasteiger partial charge on any atom is -0.476 e. The summed E-state index contributed by atoms with van der Waals surface area (Å²) in [5.74, 6) is -0.502. The fourth-order valence-corrected chi connectivity index (χ4v) is 2.44. The van der Waals surface area contributed by atoms with E-state index in [1.54, 1.807) is 0 Å². The highest BCUT2D eigenvalue weighted by Gasteiger charge is 2.38. The van der Waals surface area contributed by atoms with Crippen molar-refractivity contribution in [3.63, 3.8) is 0 Å². The Morgan fingerprint density at radius 2 is 1.61 bits per heavy atom. The van der Waals surface area contributed by atoms with Crippen molar-refractivity contribution in [2.24, 2.45) is 4.99 Å². The normalized spacial score (nSPS) is 13.6. The summed E-state index contributed by atoms with van der Waals surface area (Å²) >= 11 is 0. The van der Waals surface area contributed by atoms with E-state index in [0.717, 1.165) is 4.57 Å². The van der Waals surface area contributed by atoms with E-state index in [-0.39, 0.29) is 12.6 Å². The van der Waals surface area contributed by atoms with Gasteiger partial charge in [-0.15, -0.1) is 0 Å². The fourth-order valence-electron chi connectivity index (χ4n) is 2.44. The number of halogens is 9. The van der Waals surface area contributed by atoms with Crippen LogP contribution < -0.4 is 10.4 Å². The summed E-state index contributed by atoms with van der Waals surface area (Å²) in [4.78, 5) is 6.68. The molecule has 5 nitrogen and oxygen atoms in total. The third-order valence-corrected chi connectivity index (χ3v) is 3.79. The molecule has 14 heteroatoms. The Hall–Kier alpha value is -2.77. The molecular weight excluding hydrogens is 449 g/mol. The Bertz CT molecular complexity index is 992. The zero-order chi connectivity index (χ0) is 23.6. The number of nitrogens with zero attached hydrogens (tertiary/aromatic N) is 3. The highest BCUT2D eigenvalue weighted by atomic mass is 19.4. The number of ether oxygens (including phenoxy) is 1. The first-order valence-corrected chi connectivity index (χ1v) is 8.44. The van der Waals surface area contributed by atoms with Crippen molar-refractivity contribution in [2.75, 3.05) is 13.2 Å². The zero-order valence-electron chi connectivity index (χ0n) is 15.5. The van der Waals surface area contributed by atoms with Crippen LogP contribution >= 0.6 is 0 Å². The molecule has 1 aromatic carbocycles. The molecule has 0 radical (unpaired) electrons. The molecule has 0 unspecified atom stereocenters. The van der Waals surface area contributed by atoms with Gasteiger partial charge in [0.1, 0.15) is 6.61 Å². The largest absolute Gasteiger partial charge is 0.476 e. The fraction of sp³-hybridized carbons (Fsp3) is 0.412. The highest BCUT2D eigenvalue weighted by Crippen LogP contribution is 2.40. The molecule has 0 saturated carbocycles. The van der Waals surface area contributed by atoms with Crippen molar-refractivity contribution >= 4 is 5.69 Å². The van der Waals surface area contributed by atoms with Gasteiger partial charge < -0.3 is 9.84 Å². The summed E-state index contributed by atoms with van der Waals surface area (Å²) in [6.07, 6.45) is -15.4. The van der Waals surface area contributed by atoms with Gasteiger partial charge in [0.15, 0.2) is 11.6 Å². The lowest BCUT2D eigenvalue weighted by atomic mass is 10.1. The van der Waals surface area contributed by atoms with Gasteiger partial charge in [-0.2, -0.15) is 39.5 Å². The molecule has 31 heavy (non-hydrogen) atoms. The summed E-state index contributed by atoms with van der Waals surface area (Å²) in [5.41, 5.74) is -6.91. The smallest absolute Gasteiger partial charge is 0.433 e. The maximum absolute atomic E-state index is 13.3. The molecule has 2 rings (SSSR count). The van der Waals surface area contributed by atoms with Crippen LogP contribution in [0.4, 0.5) is 45.2 Å². The topological polar surface area (TPSA) is 59.6 Å². The van der Waals surface area contributed by atoms with E-state index < -0.39 is 65.7 Å². The lowest BCUT2D eigenvalue weighted by molar-refractivity contribution is -0.143. The van der Waals surface area contributed by atoms with Crippen LogP contribution in [0.2, 0.25) is 0 Å². The highest BCUT2D eigenvalue weighted by molar-refractivity contribution is 5.50. The number of aliphatic hydroxyl groups is 1. The van der Waals surface area contributed by atoms with Gasteiger partial charge >= 0.3 is 18.5 Å². The molecule has 1 aromatic heterocycles. The maximum atomic E-state index is 13.3. The first-order valence-electron chi connectivity index (χ1n) is 8.44. The summed E-state index contributed by atoms with van der Waals surface area (Å²) < 4.78 is 124. The minimum atomic E-state index is -5.28. The van der Waals surface area contributed by atoms with Gasteiger partial charge in [0.25, 0.3) is 0 Å². The first kappa shape index (κ1) is 24.5. The third-order valence-electron chi connectivity index (χ3n) is 3.79. The van der Waals surface area contributed by atoms with E-state index in [1.165, 1.54) is 6.92 Å². The molecule has 0 bridgehead atoms. The van der Waals surface area contributed by atoms with Crippen LogP contribution in [0.1, 0.15) is 23.7 Å². The van der Waals surface area contributed by atoms with Gasteiger partial charge in [0.2, 0.25) is 5.62 Å². The van der Waals surface area contributed by atoms with Gasteiger partial charge in [-0.1, -0.05) is 0 Å². The number of rotatable bonds is 5. The van der Waals surface area contributed by atoms with Gasteiger partial charge in [-0.25, -0.2) is 9.98 Å². The first-order chi connectivity index (χ1) is 14.2. The monoisotopic (exact) mass is 463 g/mol. The third kappa shape index (κ3) is 5.89. The van der Waals surface area contributed by atoms with Gasteiger partial charge in [-0.3, -0.25) is 4.57 Å². The van der Waals surface area contributed by atoms with Gasteiger partial charge in [0.05, 0.1) is 23.4 Å². The molecule has 172 valence electrons. The molecule has 1 N–H and O–H groups in total. The van der Waals surface area contributed by atoms with Crippen LogP contribution in [0.5, 0.6) is 5.88 Å². The molecule has 0 amide bonds. The number of aliphatic hydroxyl groups excluding tert-OH is 1. The van der Waals surface area contributed by atoms with Crippen molar-refractivity contribution in [3.05, 3.63) is 46.7 Å². The Balaban J connectivity index is 2.84. The summed E-state index contributed by atoms with van der Waals surface area (Å²) in [6.45, 7) is 0.232. The van der Waals surface area contributed by atoms with Crippen molar-refractivity contribution in [2.45, 2.75) is 32.0 Å². The second-order valence-electron chi connectivity index (χ2n) is 5.93. The molecule has 1 heterocycles. The maximum Gasteiger partial charge on any atom is 0.433 e. The van der Waals surface area contributed by atoms with E-state index in [4.69, 9.17) is 9.84 Å². The van der Waals surface area contributed by atoms with E-state index >= 15 is 0 Å². The van der Waals surface area contributed by atoms with E-state index in [1.807, 2.05) is 0 Å². The van der Waals surface area contributed by atoms with Crippen molar-refractivity contribution in [3.8, 4) is 5.88 Å². The summed E-state index contributed by atoms with van der Waals surface area (Å²) in [6, 6.07) is 0.991. The molecule has 0 aliphatic heterocycles. The molecular formula is C17H14F9N3O2. The molecule has 0 atom stereocenters. The van der Waals surface area contributed by atoms with Gasteiger partial charge in [-0.05, 0) is 25.1 Å². The van der Waals surface area contributed by atoms with E-state index in [9.17, 15) is 39.5 Å². The molecule has 0 spiro atoms. The Morgan fingerprint density at radius 1 is 0.968 bits per heavy atom. The van der Waals surface area contributed by atoms with E-state index in [0.29, 0.717) is 18.2 Å². The zero-order valence-corrected chi connectivity index (χ0v) is 15.5. The Morgan fingerprint density at radius 3 is 2.10 bits per heavy atom. The second kappa shape index (κ2) is 8.77. The molecule has 0 fully saturated rings. The standard InChI is InChI=1S/C17H14F9N3O2/c1-2-29-13(31-6-5-30)8-12(17(24,25)26)28-14(29)27-11-4-3-9(15(18,19)20)7-10(11)16(21,22)23/h3-4,7-8,30H,2,5-6H2,1H3. The predicted molar refractivity (Wildman–Crippen MR) is 87.2 cm³/mol. The van der Waals surface area contributed by atoms with Crippen molar-refractivity contribution in [1.29, 1.82) is 0 Å². The van der Waals surface area contributed by atoms with Crippen molar-refractivity contribution < 1.29 is 49.4 Å². The van der Waals surface area contributed by atoms with Crippen LogP contribution in [0.3, 0.4) is 0 Å². The van der Waals surface area contributed by atoms with Crippen LogP contribution in [-0.4, -0.2) is 27.9 Å². The van der Waals surface area contributed by atoms with Crippen molar-refractivity contribution in [1.82, 2.24) is 9.55 Å². The number of hydrogen-bond acceptors (Lipinski definition) is 4. The van der Waals surface area contributed by atoms with Crippen LogP contribution in [0, 0.1) is 0 Å². The Kier molecular flexibility index (Phi) is 6.93. The molecule has 2 aromatic rings.